The van der Waals surface area contributed by atoms with Crippen molar-refractivity contribution in [1.29, 1.82) is 0 Å². The second-order valence-electron chi connectivity index (χ2n) is 10.9. The van der Waals surface area contributed by atoms with E-state index in [0.717, 1.165) is 6.54 Å². The molecule has 154 valence electrons. The molecule has 3 aliphatic rings. The number of rotatable bonds is 1. The molecule has 1 aromatic rings. The van der Waals surface area contributed by atoms with Gasteiger partial charge in [-0.1, -0.05) is 84.0 Å². The third kappa shape index (κ3) is 2.84. The lowest BCUT2D eigenvalue weighted by atomic mass is 9.50. The van der Waals surface area contributed by atoms with Crippen molar-refractivity contribution in [3.8, 4) is 0 Å². The van der Waals surface area contributed by atoms with E-state index in [1.807, 2.05) is 0 Å². The minimum atomic E-state index is 0.0108. The molecule has 2 aliphatic carbocycles. The van der Waals surface area contributed by atoms with Gasteiger partial charge in [0.1, 0.15) is 0 Å². The summed E-state index contributed by atoms with van der Waals surface area (Å²) in [6.45, 7) is 22.2. The molecule has 1 nitrogen and oxygen atoms in total. The lowest BCUT2D eigenvalue weighted by molar-refractivity contribution is 0.210. The van der Waals surface area contributed by atoms with E-state index in [2.05, 4.69) is 85.0 Å². The Labute approximate surface area is 177 Å². The van der Waals surface area contributed by atoms with Crippen LogP contribution in [0.1, 0.15) is 83.9 Å². The van der Waals surface area contributed by atoms with Crippen LogP contribution in [0, 0.1) is 16.7 Å². The zero-order valence-corrected chi connectivity index (χ0v) is 19.4. The van der Waals surface area contributed by atoms with E-state index < -0.39 is 0 Å². The Balaban J connectivity index is 2.13. The Morgan fingerprint density at radius 2 is 1.86 bits per heavy atom. The van der Waals surface area contributed by atoms with Gasteiger partial charge in [-0.05, 0) is 58.9 Å². The molecule has 0 amide bonds. The van der Waals surface area contributed by atoms with Crippen molar-refractivity contribution in [3.05, 3.63) is 64.8 Å². The molecular formula is C28H37N. The van der Waals surface area contributed by atoms with Gasteiger partial charge in [-0.2, -0.15) is 0 Å². The Hall–Kier alpha value is -1.89. The fourth-order valence-electron chi connectivity index (χ4n) is 6.74. The van der Waals surface area contributed by atoms with E-state index in [0.29, 0.717) is 11.8 Å². The zero-order chi connectivity index (χ0) is 21.2. The molecule has 0 fully saturated rings. The molecule has 0 saturated carbocycles. The topological polar surface area (TPSA) is 12.4 Å². The van der Waals surface area contributed by atoms with Crippen molar-refractivity contribution < 1.29 is 0 Å². The SMILES string of the molecule is C=C1C2=C3C(C)(C)CCC2C(C)(C=CC)C/N=C/C(C)c2cccc(c21)C3(C)C. The summed E-state index contributed by atoms with van der Waals surface area (Å²) in [6.07, 6.45) is 9.22. The van der Waals surface area contributed by atoms with E-state index in [9.17, 15) is 0 Å². The normalized spacial score (nSPS) is 33.7. The van der Waals surface area contributed by atoms with E-state index in [1.165, 1.54) is 40.7 Å². The smallest absolute Gasteiger partial charge is 0.0479 e. The Morgan fingerprint density at radius 1 is 1.14 bits per heavy atom. The van der Waals surface area contributed by atoms with Crippen molar-refractivity contribution in [3.63, 3.8) is 0 Å². The van der Waals surface area contributed by atoms with E-state index in [4.69, 9.17) is 11.6 Å². The van der Waals surface area contributed by atoms with Crippen molar-refractivity contribution in [2.45, 2.75) is 72.6 Å². The zero-order valence-electron chi connectivity index (χ0n) is 19.4. The molecule has 29 heavy (non-hydrogen) atoms. The first kappa shape index (κ1) is 20.4. The van der Waals surface area contributed by atoms with E-state index in [1.54, 1.807) is 5.57 Å². The molecule has 1 aliphatic heterocycles. The summed E-state index contributed by atoms with van der Waals surface area (Å²) in [6, 6.07) is 6.87. The Morgan fingerprint density at radius 3 is 2.55 bits per heavy atom. The molecule has 4 rings (SSSR count). The molecule has 1 heterocycles. The van der Waals surface area contributed by atoms with Gasteiger partial charge in [-0.25, -0.2) is 0 Å². The number of allylic oxidation sites excluding steroid dienone is 4. The van der Waals surface area contributed by atoms with Gasteiger partial charge in [-0.15, -0.1) is 0 Å². The van der Waals surface area contributed by atoms with Gasteiger partial charge in [0.05, 0.1) is 0 Å². The highest BCUT2D eigenvalue weighted by atomic mass is 14.7. The lowest BCUT2D eigenvalue weighted by Gasteiger charge is -2.54. The molecule has 0 aromatic heterocycles. The minimum Gasteiger partial charge on any atom is -0.296 e. The second-order valence-corrected chi connectivity index (χ2v) is 10.9. The van der Waals surface area contributed by atoms with Crippen LogP contribution in [0.15, 0.2) is 53.1 Å². The average Bonchev–Trinajstić information content (AvgIpc) is 2.64. The first-order valence-corrected chi connectivity index (χ1v) is 11.3. The van der Waals surface area contributed by atoms with Crippen molar-refractivity contribution >= 4 is 11.8 Å². The summed E-state index contributed by atoms with van der Waals surface area (Å²) in [7, 11) is 0. The largest absolute Gasteiger partial charge is 0.296 e. The summed E-state index contributed by atoms with van der Waals surface area (Å²) >= 11 is 0. The molecule has 0 spiro atoms. The van der Waals surface area contributed by atoms with Gasteiger partial charge in [0.15, 0.2) is 0 Å². The van der Waals surface area contributed by atoms with Crippen molar-refractivity contribution in [1.82, 2.24) is 0 Å². The molecular weight excluding hydrogens is 350 g/mol. The fourth-order valence-corrected chi connectivity index (χ4v) is 6.74. The number of hydrogen-bond acceptors (Lipinski definition) is 1. The molecule has 0 N–H and O–H groups in total. The minimum absolute atomic E-state index is 0.0108. The van der Waals surface area contributed by atoms with Crippen LogP contribution in [-0.2, 0) is 5.41 Å². The first-order chi connectivity index (χ1) is 13.5. The molecule has 0 radical (unpaired) electrons. The van der Waals surface area contributed by atoms with Crippen LogP contribution in [0.2, 0.25) is 0 Å². The lowest BCUT2D eigenvalue weighted by Crippen LogP contribution is -2.44. The highest BCUT2D eigenvalue weighted by Crippen LogP contribution is 2.61. The van der Waals surface area contributed by atoms with E-state index >= 15 is 0 Å². The fraction of sp³-hybridized carbons (Fsp3) is 0.536. The molecule has 3 atom stereocenters. The molecule has 3 unspecified atom stereocenters. The quantitative estimate of drug-likeness (QED) is 0.442. The summed E-state index contributed by atoms with van der Waals surface area (Å²) in [4.78, 5) is 4.99. The van der Waals surface area contributed by atoms with Gasteiger partial charge in [0.25, 0.3) is 0 Å². The second kappa shape index (κ2) is 6.56. The first-order valence-electron chi connectivity index (χ1n) is 11.3. The van der Waals surface area contributed by atoms with Gasteiger partial charge >= 0.3 is 0 Å². The number of benzene rings is 1. The van der Waals surface area contributed by atoms with E-state index in [-0.39, 0.29) is 16.2 Å². The van der Waals surface area contributed by atoms with Crippen molar-refractivity contribution in [2.75, 3.05) is 6.54 Å². The third-order valence-corrected chi connectivity index (χ3v) is 7.97. The summed E-state index contributed by atoms with van der Waals surface area (Å²) < 4.78 is 0. The molecule has 0 saturated heterocycles. The van der Waals surface area contributed by atoms with Gasteiger partial charge in [0, 0.05) is 29.5 Å². The monoisotopic (exact) mass is 387 g/mol. The van der Waals surface area contributed by atoms with Gasteiger partial charge in [-0.3, -0.25) is 4.99 Å². The van der Waals surface area contributed by atoms with Crippen LogP contribution in [0.25, 0.3) is 5.57 Å². The average molecular weight is 388 g/mol. The van der Waals surface area contributed by atoms with Crippen LogP contribution >= 0.6 is 0 Å². The predicted octanol–water partition coefficient (Wildman–Crippen LogP) is 7.49. The molecule has 1 heteroatoms. The molecule has 2 bridgehead atoms. The maximum atomic E-state index is 4.99. The van der Waals surface area contributed by atoms with Crippen LogP contribution in [0.5, 0.6) is 0 Å². The van der Waals surface area contributed by atoms with Gasteiger partial charge < -0.3 is 0 Å². The van der Waals surface area contributed by atoms with Crippen LogP contribution in [0.3, 0.4) is 0 Å². The van der Waals surface area contributed by atoms with Gasteiger partial charge in [0.2, 0.25) is 0 Å². The number of hydrogen-bond donors (Lipinski definition) is 0. The highest BCUT2D eigenvalue weighted by molar-refractivity contribution is 5.89. The summed E-state index contributed by atoms with van der Waals surface area (Å²) in [5, 5.41) is 0. The van der Waals surface area contributed by atoms with Crippen LogP contribution < -0.4 is 0 Å². The molecule has 1 aromatic carbocycles. The number of aliphatic imine (C=N–C) groups is 1. The summed E-state index contributed by atoms with van der Waals surface area (Å²) in [5.74, 6) is 0.753. The number of nitrogens with zero attached hydrogens (tertiary/aromatic N) is 1. The Kier molecular flexibility index (Phi) is 4.61. The van der Waals surface area contributed by atoms with Crippen molar-refractivity contribution in [2.24, 2.45) is 21.7 Å². The maximum Gasteiger partial charge on any atom is 0.0479 e. The maximum absolute atomic E-state index is 4.99. The van der Waals surface area contributed by atoms with Crippen LogP contribution in [-0.4, -0.2) is 12.8 Å². The summed E-state index contributed by atoms with van der Waals surface area (Å²) in [5.41, 5.74) is 8.86. The standard InChI is InChI=1S/C28H37N/c1-9-14-28(8)17-29-16-18(2)20-11-10-12-21-23(20)19(3)24-22(28)13-15-26(4,5)25(24)27(21,6)7/h9-12,14,16,18,22H,3,13,15,17H2,1-2,4-8H3/b14-9?,29-16+. The third-order valence-electron chi connectivity index (χ3n) is 7.97. The van der Waals surface area contributed by atoms with Crippen LogP contribution in [0.4, 0.5) is 0 Å². The Bertz CT molecular complexity index is 953. The highest BCUT2D eigenvalue weighted by Gasteiger charge is 2.51. The predicted molar refractivity (Wildman–Crippen MR) is 127 cm³/mol.